The Morgan fingerprint density at radius 3 is 2.52 bits per heavy atom. The van der Waals surface area contributed by atoms with Gasteiger partial charge in [-0.05, 0) is 52.0 Å². The average molecular weight is 481 g/mol. The van der Waals surface area contributed by atoms with Crippen LogP contribution in [-0.4, -0.2) is 93.3 Å². The van der Waals surface area contributed by atoms with E-state index in [0.29, 0.717) is 5.92 Å². The highest BCUT2D eigenvalue weighted by Crippen LogP contribution is 2.31. The van der Waals surface area contributed by atoms with Crippen LogP contribution in [0.1, 0.15) is 58.8 Å². The molecule has 2 rings (SSSR count). The molecule has 2 heterocycles. The molecule has 0 aromatic carbocycles. The van der Waals surface area contributed by atoms with Crippen molar-refractivity contribution >= 4 is 29.3 Å². The Labute approximate surface area is 196 Å². The molecule has 7 nitrogen and oxygen atoms in total. The number of amides is 1. The van der Waals surface area contributed by atoms with Crippen LogP contribution in [0, 0.1) is 5.92 Å². The molecule has 31 heavy (non-hydrogen) atoms. The van der Waals surface area contributed by atoms with Crippen LogP contribution in [0.2, 0.25) is 0 Å². The molecule has 0 bridgehead atoms. The second-order valence-corrected chi connectivity index (χ2v) is 10.7. The van der Waals surface area contributed by atoms with E-state index in [1.54, 1.807) is 13.2 Å². The Kier molecular flexibility index (Phi) is 11.4. The van der Waals surface area contributed by atoms with Crippen molar-refractivity contribution in [2.45, 2.75) is 106 Å². The molecule has 0 aromatic rings. The molecule has 0 radical (unpaired) electrons. The van der Waals surface area contributed by atoms with E-state index in [0.717, 1.165) is 25.8 Å². The molecule has 9 heteroatoms. The molecule has 2 aliphatic rings. The van der Waals surface area contributed by atoms with Crippen molar-refractivity contribution in [1.29, 1.82) is 0 Å². The van der Waals surface area contributed by atoms with Crippen LogP contribution in [0.25, 0.3) is 0 Å². The summed E-state index contributed by atoms with van der Waals surface area (Å²) in [6.07, 6.45) is 4.77. The van der Waals surface area contributed by atoms with Crippen molar-refractivity contribution < 1.29 is 24.9 Å². The van der Waals surface area contributed by atoms with Gasteiger partial charge in [0.05, 0.1) is 17.5 Å². The number of nitrogens with one attached hydrogen (secondary N) is 1. The Morgan fingerprint density at radius 2 is 1.90 bits per heavy atom. The van der Waals surface area contributed by atoms with Gasteiger partial charge >= 0.3 is 0 Å². The highest BCUT2D eigenvalue weighted by Gasteiger charge is 2.48. The second-order valence-electron chi connectivity index (χ2n) is 9.11. The third-order valence-electron chi connectivity index (χ3n) is 6.79. The zero-order chi connectivity index (χ0) is 23.1. The lowest BCUT2D eigenvalue weighted by Gasteiger charge is -2.44. The first-order valence-electron chi connectivity index (χ1n) is 11.6. The molecule has 182 valence electrons. The minimum absolute atomic E-state index is 0.133. The third kappa shape index (κ3) is 7.19. The fourth-order valence-corrected chi connectivity index (χ4v) is 5.57. The van der Waals surface area contributed by atoms with Crippen molar-refractivity contribution in [1.82, 2.24) is 10.2 Å². The fraction of sp³-hybridized carbons (Fsp3) is 0.955. The summed E-state index contributed by atoms with van der Waals surface area (Å²) >= 11 is 7.64. The van der Waals surface area contributed by atoms with E-state index in [1.165, 1.54) is 37.4 Å². The number of carbonyl (C=O) groups is 1. The molecule has 4 N–H and O–H groups in total. The Morgan fingerprint density at radius 1 is 1.19 bits per heavy atom. The Balaban J connectivity index is 2.04. The average Bonchev–Trinajstić information content (AvgIpc) is 2.92. The molecule has 0 spiro atoms. The summed E-state index contributed by atoms with van der Waals surface area (Å²) in [7, 11) is 1.98. The van der Waals surface area contributed by atoms with E-state index in [-0.39, 0.29) is 11.9 Å². The van der Waals surface area contributed by atoms with Gasteiger partial charge in [-0.15, -0.1) is 23.4 Å². The van der Waals surface area contributed by atoms with Gasteiger partial charge in [0.1, 0.15) is 29.9 Å². The predicted molar refractivity (Wildman–Crippen MR) is 125 cm³/mol. The first kappa shape index (κ1) is 27.2. The lowest BCUT2D eigenvalue weighted by atomic mass is 9.92. The van der Waals surface area contributed by atoms with E-state index in [4.69, 9.17) is 16.3 Å². The smallest absolute Gasteiger partial charge is 0.237 e. The van der Waals surface area contributed by atoms with Gasteiger partial charge in [0.15, 0.2) is 0 Å². The summed E-state index contributed by atoms with van der Waals surface area (Å²) in [5.41, 5.74) is -0.706. The minimum atomic E-state index is -1.37. The predicted octanol–water partition coefficient (Wildman–Crippen LogP) is 1.95. The van der Waals surface area contributed by atoms with Gasteiger partial charge in [-0.1, -0.05) is 32.6 Å². The van der Waals surface area contributed by atoms with Gasteiger partial charge in [-0.3, -0.25) is 9.69 Å². The number of carbonyl (C=O) groups excluding carboxylic acids is 1. The maximum absolute atomic E-state index is 13.2. The Hall–Kier alpha value is -0.0900. The number of rotatable bonds is 9. The summed E-state index contributed by atoms with van der Waals surface area (Å²) in [4.78, 5) is 15.3. The maximum Gasteiger partial charge on any atom is 0.237 e. The zero-order valence-corrected chi connectivity index (χ0v) is 20.8. The molecular formula is C22H41ClN2O5S. The topological polar surface area (TPSA) is 102 Å². The van der Waals surface area contributed by atoms with Gasteiger partial charge in [0, 0.05) is 0 Å². The molecule has 2 saturated heterocycles. The van der Waals surface area contributed by atoms with Crippen molar-refractivity contribution in [2.75, 3.05) is 19.8 Å². The number of unbranched alkanes of at least 4 members (excludes halogenated alkanes) is 2. The molecule has 9 unspecified atom stereocenters. The SMILES string of the molecule is CCCCCC1CCC(C(=O)NC(C(C)Cl)C2OC(SC)C(O)C(O)C2O)N(C)CC1. The number of aliphatic hydroxyl groups excluding tert-OH is 3. The molecule has 1 amide bonds. The maximum atomic E-state index is 13.2. The molecular weight excluding hydrogens is 440 g/mol. The van der Waals surface area contributed by atoms with E-state index in [1.807, 2.05) is 7.05 Å². The van der Waals surface area contributed by atoms with Crippen molar-refractivity contribution in [3.8, 4) is 0 Å². The third-order valence-corrected chi connectivity index (χ3v) is 7.91. The summed E-state index contributed by atoms with van der Waals surface area (Å²) in [6, 6.07) is -0.959. The first-order chi connectivity index (χ1) is 14.7. The molecule has 0 saturated carbocycles. The summed E-state index contributed by atoms with van der Waals surface area (Å²) in [6.45, 7) is 4.82. The van der Waals surface area contributed by atoms with Gasteiger partial charge in [0.25, 0.3) is 0 Å². The zero-order valence-electron chi connectivity index (χ0n) is 19.2. The summed E-state index contributed by atoms with van der Waals surface area (Å²) in [5.74, 6) is 0.517. The van der Waals surface area contributed by atoms with Crippen molar-refractivity contribution in [2.24, 2.45) is 5.92 Å². The van der Waals surface area contributed by atoms with Crippen molar-refractivity contribution in [3.05, 3.63) is 0 Å². The number of alkyl halides is 1. The van der Waals surface area contributed by atoms with E-state index in [2.05, 4.69) is 17.1 Å². The van der Waals surface area contributed by atoms with Gasteiger partial charge in [-0.2, -0.15) is 0 Å². The molecule has 2 aliphatic heterocycles. The number of likely N-dealkylation sites (N-methyl/N-ethyl adjacent to an activating group) is 1. The number of hydrogen-bond donors (Lipinski definition) is 4. The number of hydrogen-bond acceptors (Lipinski definition) is 7. The molecule has 0 aromatic heterocycles. The lowest BCUT2D eigenvalue weighted by molar-refractivity contribution is -0.205. The lowest BCUT2D eigenvalue weighted by Crippen LogP contribution is -2.65. The Bertz CT molecular complexity index is 556. The molecule has 9 atom stereocenters. The number of nitrogens with zero attached hydrogens (tertiary/aromatic N) is 1. The molecule has 0 aliphatic carbocycles. The second kappa shape index (κ2) is 13.0. The van der Waals surface area contributed by atoms with Crippen LogP contribution in [-0.2, 0) is 9.53 Å². The number of thioether (sulfide) groups is 1. The highest BCUT2D eigenvalue weighted by molar-refractivity contribution is 7.99. The minimum Gasteiger partial charge on any atom is -0.388 e. The standard InChI is InChI=1S/C22H41ClN2O5S/c1-5-6-7-8-14-9-10-15(25(3)12-11-14)21(29)24-16(13(2)23)20-18(27)17(26)19(28)22(30-20)31-4/h13-20,22,26-28H,5-12H2,1-4H3,(H,24,29). The van der Waals surface area contributed by atoms with Gasteiger partial charge in [0.2, 0.25) is 5.91 Å². The van der Waals surface area contributed by atoms with Crippen LogP contribution >= 0.6 is 23.4 Å². The largest absolute Gasteiger partial charge is 0.388 e. The van der Waals surface area contributed by atoms with E-state index < -0.39 is 41.3 Å². The fourth-order valence-electron chi connectivity index (χ4n) is 4.69. The van der Waals surface area contributed by atoms with Crippen LogP contribution in [0.15, 0.2) is 0 Å². The number of halogens is 1. The normalized spacial score (nSPS) is 37.1. The number of likely N-dealkylation sites (tertiary alicyclic amines) is 1. The van der Waals surface area contributed by atoms with E-state index >= 15 is 0 Å². The molecule has 2 fully saturated rings. The van der Waals surface area contributed by atoms with Crippen LogP contribution in [0.3, 0.4) is 0 Å². The summed E-state index contributed by atoms with van der Waals surface area (Å²) < 4.78 is 5.86. The van der Waals surface area contributed by atoms with E-state index in [9.17, 15) is 20.1 Å². The van der Waals surface area contributed by atoms with Gasteiger partial charge < -0.3 is 25.4 Å². The van der Waals surface area contributed by atoms with Crippen LogP contribution < -0.4 is 5.32 Å². The number of aliphatic hydroxyl groups is 3. The highest BCUT2D eigenvalue weighted by atomic mass is 35.5. The van der Waals surface area contributed by atoms with Crippen LogP contribution in [0.4, 0.5) is 0 Å². The number of ether oxygens (including phenoxy) is 1. The monoisotopic (exact) mass is 480 g/mol. The summed E-state index contributed by atoms with van der Waals surface area (Å²) in [5, 5.41) is 33.4. The van der Waals surface area contributed by atoms with Gasteiger partial charge in [-0.25, -0.2) is 0 Å². The quantitative estimate of drug-likeness (QED) is 0.295. The van der Waals surface area contributed by atoms with Crippen LogP contribution in [0.5, 0.6) is 0 Å². The van der Waals surface area contributed by atoms with Crippen molar-refractivity contribution in [3.63, 3.8) is 0 Å². The first-order valence-corrected chi connectivity index (χ1v) is 13.3.